The molecule has 0 aliphatic heterocycles. The van der Waals surface area contributed by atoms with Gasteiger partial charge in [0.15, 0.2) is 0 Å². The number of nitrogens with zero attached hydrogens (tertiary/aromatic N) is 4. The van der Waals surface area contributed by atoms with E-state index in [1.807, 2.05) is 19.1 Å². The maximum atomic E-state index is 12.8. The molecule has 18 heavy (non-hydrogen) atoms. The van der Waals surface area contributed by atoms with Gasteiger partial charge >= 0.3 is 0 Å². The Kier molecular flexibility index (Phi) is 2.64. The van der Waals surface area contributed by atoms with Crippen LogP contribution < -0.4 is 0 Å². The Morgan fingerprint density at radius 2 is 1.89 bits per heavy atom. The van der Waals surface area contributed by atoms with Gasteiger partial charge in [0.25, 0.3) is 0 Å². The summed E-state index contributed by atoms with van der Waals surface area (Å²) in [6.45, 7) is 2.03. The van der Waals surface area contributed by atoms with Crippen molar-refractivity contribution in [1.29, 1.82) is 0 Å². The molecule has 0 spiro atoms. The molecule has 0 saturated carbocycles. The van der Waals surface area contributed by atoms with Crippen LogP contribution in [0.2, 0.25) is 0 Å². The third-order valence-corrected chi connectivity index (χ3v) is 3.43. The second-order valence-corrected chi connectivity index (χ2v) is 5.08. The van der Waals surface area contributed by atoms with Crippen molar-refractivity contribution in [3.8, 4) is 16.4 Å². The first-order chi connectivity index (χ1) is 8.72. The van der Waals surface area contributed by atoms with Gasteiger partial charge in [-0.15, -0.1) is 26.3 Å². The highest BCUT2D eigenvalue weighted by molar-refractivity contribution is 7.15. The maximum Gasteiger partial charge on any atom is 0.215 e. The molecule has 90 valence electrons. The second kappa shape index (κ2) is 4.30. The zero-order valence-electron chi connectivity index (χ0n) is 9.54. The third kappa shape index (κ3) is 2.02. The summed E-state index contributed by atoms with van der Waals surface area (Å²) < 4.78 is 12.8. The number of tetrazole rings is 1. The fourth-order valence-corrected chi connectivity index (χ4v) is 2.34. The van der Waals surface area contributed by atoms with Gasteiger partial charge in [0.1, 0.15) is 5.82 Å². The summed E-state index contributed by atoms with van der Waals surface area (Å²) in [4.78, 5) is 3.56. The lowest BCUT2D eigenvalue weighted by atomic mass is 10.3. The fourth-order valence-electron chi connectivity index (χ4n) is 1.55. The number of rotatable bonds is 2. The summed E-state index contributed by atoms with van der Waals surface area (Å²) in [6.07, 6.45) is 0. The van der Waals surface area contributed by atoms with Gasteiger partial charge in [0.05, 0.1) is 10.6 Å². The van der Waals surface area contributed by atoms with Gasteiger partial charge in [0.2, 0.25) is 5.82 Å². The van der Waals surface area contributed by atoms with Gasteiger partial charge in [-0.2, -0.15) is 0 Å². The maximum absolute atomic E-state index is 12.8. The van der Waals surface area contributed by atoms with Crippen LogP contribution in [0.5, 0.6) is 0 Å². The monoisotopic (exact) mass is 260 g/mol. The van der Waals surface area contributed by atoms with E-state index in [1.54, 1.807) is 23.5 Å². The topological polar surface area (TPSA) is 43.6 Å². The number of hydrogen-bond donors (Lipinski definition) is 0. The zero-order chi connectivity index (χ0) is 12.5. The van der Waals surface area contributed by atoms with E-state index in [0.717, 1.165) is 4.88 Å². The lowest BCUT2D eigenvalue weighted by Crippen LogP contribution is -1.98. The molecular weight excluding hydrogens is 251 g/mol. The van der Waals surface area contributed by atoms with E-state index in [1.165, 1.54) is 21.8 Å². The Labute approximate surface area is 107 Å². The van der Waals surface area contributed by atoms with Crippen LogP contribution in [0.1, 0.15) is 4.88 Å². The molecular formula is C12H9FN4S. The lowest BCUT2D eigenvalue weighted by molar-refractivity contribution is 0.625. The van der Waals surface area contributed by atoms with E-state index in [0.29, 0.717) is 11.5 Å². The van der Waals surface area contributed by atoms with Crippen LogP contribution in [0.4, 0.5) is 4.39 Å². The average Bonchev–Trinajstić information content (AvgIpc) is 2.98. The van der Waals surface area contributed by atoms with E-state index >= 15 is 0 Å². The van der Waals surface area contributed by atoms with Gasteiger partial charge in [-0.3, -0.25) is 0 Å². The van der Waals surface area contributed by atoms with E-state index in [2.05, 4.69) is 15.4 Å². The largest absolute Gasteiger partial charge is 0.215 e. The van der Waals surface area contributed by atoms with Gasteiger partial charge in [-0.05, 0) is 48.5 Å². The highest BCUT2D eigenvalue weighted by atomic mass is 32.1. The molecule has 0 bridgehead atoms. The van der Waals surface area contributed by atoms with Crippen LogP contribution in [-0.4, -0.2) is 20.2 Å². The minimum Gasteiger partial charge on any atom is -0.207 e. The summed E-state index contributed by atoms with van der Waals surface area (Å²) in [5.41, 5.74) is 0.684. The van der Waals surface area contributed by atoms with Crippen LogP contribution in [0, 0.1) is 12.7 Å². The Morgan fingerprint density at radius 1 is 1.11 bits per heavy atom. The minimum absolute atomic E-state index is 0.284. The minimum atomic E-state index is -0.284. The molecule has 0 fully saturated rings. The molecule has 6 heteroatoms. The average molecular weight is 260 g/mol. The summed E-state index contributed by atoms with van der Waals surface area (Å²) in [5.74, 6) is 0.297. The number of aryl methyl sites for hydroxylation is 1. The Balaban J connectivity index is 1.96. The third-order valence-electron chi connectivity index (χ3n) is 2.43. The van der Waals surface area contributed by atoms with Crippen molar-refractivity contribution < 1.29 is 4.39 Å². The molecule has 0 radical (unpaired) electrons. The van der Waals surface area contributed by atoms with Crippen molar-refractivity contribution in [3.05, 3.63) is 47.1 Å². The number of benzene rings is 1. The first-order valence-corrected chi connectivity index (χ1v) is 6.17. The SMILES string of the molecule is Cc1ccc(-c2nnn(-c3ccc(F)cc3)n2)s1. The van der Waals surface area contributed by atoms with Crippen molar-refractivity contribution in [1.82, 2.24) is 20.2 Å². The summed E-state index contributed by atoms with van der Waals surface area (Å²) in [5, 5.41) is 12.2. The molecule has 4 nitrogen and oxygen atoms in total. The number of thiophene rings is 1. The summed E-state index contributed by atoms with van der Waals surface area (Å²) in [6, 6.07) is 9.94. The number of hydrogen-bond acceptors (Lipinski definition) is 4. The lowest BCUT2D eigenvalue weighted by Gasteiger charge is -1.96. The summed E-state index contributed by atoms with van der Waals surface area (Å²) in [7, 11) is 0. The fraction of sp³-hybridized carbons (Fsp3) is 0.0833. The molecule has 0 amide bonds. The van der Waals surface area contributed by atoms with Crippen LogP contribution in [0.25, 0.3) is 16.4 Å². The van der Waals surface area contributed by atoms with Gasteiger partial charge in [0, 0.05) is 4.88 Å². The molecule has 0 aliphatic carbocycles. The van der Waals surface area contributed by atoms with Crippen molar-refractivity contribution >= 4 is 11.3 Å². The molecule has 1 aromatic carbocycles. The smallest absolute Gasteiger partial charge is 0.207 e. The van der Waals surface area contributed by atoms with Crippen LogP contribution >= 0.6 is 11.3 Å². The van der Waals surface area contributed by atoms with Crippen LogP contribution in [-0.2, 0) is 0 Å². The predicted molar refractivity (Wildman–Crippen MR) is 67.2 cm³/mol. The van der Waals surface area contributed by atoms with Crippen LogP contribution in [0.15, 0.2) is 36.4 Å². The summed E-state index contributed by atoms with van der Waals surface area (Å²) >= 11 is 1.61. The molecule has 0 saturated heterocycles. The molecule has 0 unspecified atom stereocenters. The zero-order valence-corrected chi connectivity index (χ0v) is 10.4. The molecule has 2 aromatic heterocycles. The normalized spacial score (nSPS) is 10.8. The van der Waals surface area contributed by atoms with E-state index in [9.17, 15) is 4.39 Å². The first-order valence-electron chi connectivity index (χ1n) is 5.35. The molecule has 3 rings (SSSR count). The quantitative estimate of drug-likeness (QED) is 0.711. The molecule has 0 N–H and O–H groups in total. The van der Waals surface area contributed by atoms with Crippen molar-refractivity contribution in [2.24, 2.45) is 0 Å². The standard InChI is InChI=1S/C12H9FN4S/c1-8-2-7-11(18-8)12-14-16-17(15-12)10-5-3-9(13)4-6-10/h2-7H,1H3. The Bertz CT molecular complexity index is 671. The Morgan fingerprint density at radius 3 is 2.56 bits per heavy atom. The van der Waals surface area contributed by atoms with E-state index in [-0.39, 0.29) is 5.82 Å². The van der Waals surface area contributed by atoms with E-state index < -0.39 is 0 Å². The molecule has 0 aliphatic rings. The first kappa shape index (κ1) is 11.0. The van der Waals surface area contributed by atoms with E-state index in [4.69, 9.17) is 0 Å². The highest BCUT2D eigenvalue weighted by Crippen LogP contribution is 2.24. The van der Waals surface area contributed by atoms with Gasteiger partial charge < -0.3 is 0 Å². The van der Waals surface area contributed by atoms with Crippen molar-refractivity contribution in [2.75, 3.05) is 0 Å². The molecule has 3 aromatic rings. The van der Waals surface area contributed by atoms with Crippen LogP contribution in [0.3, 0.4) is 0 Å². The van der Waals surface area contributed by atoms with Crippen molar-refractivity contribution in [2.45, 2.75) is 6.92 Å². The highest BCUT2D eigenvalue weighted by Gasteiger charge is 2.08. The van der Waals surface area contributed by atoms with Gasteiger partial charge in [-0.1, -0.05) is 0 Å². The van der Waals surface area contributed by atoms with Crippen molar-refractivity contribution in [3.63, 3.8) is 0 Å². The predicted octanol–water partition coefficient (Wildman–Crippen LogP) is 2.84. The Hall–Kier alpha value is -2.08. The number of halogens is 1. The molecule has 0 atom stereocenters. The molecule has 2 heterocycles. The number of aromatic nitrogens is 4. The van der Waals surface area contributed by atoms with Gasteiger partial charge in [-0.25, -0.2) is 4.39 Å². The second-order valence-electron chi connectivity index (χ2n) is 3.79.